The molecule has 0 atom stereocenters. The minimum absolute atomic E-state index is 0.0248. The Bertz CT molecular complexity index is 592. The van der Waals surface area contributed by atoms with Crippen molar-refractivity contribution in [3.63, 3.8) is 0 Å². The summed E-state index contributed by atoms with van der Waals surface area (Å²) < 4.78 is 0. The highest BCUT2D eigenvalue weighted by Crippen LogP contribution is 2.18. The van der Waals surface area contributed by atoms with Gasteiger partial charge in [0.1, 0.15) is 5.82 Å². The van der Waals surface area contributed by atoms with E-state index in [0.29, 0.717) is 6.54 Å². The number of aryl methyl sites for hydroxylation is 1. The molecule has 106 valence electrons. The van der Waals surface area contributed by atoms with Gasteiger partial charge in [0.25, 0.3) is 5.91 Å². The highest BCUT2D eigenvalue weighted by Gasteiger charge is 2.10. The van der Waals surface area contributed by atoms with Crippen molar-refractivity contribution in [1.82, 2.24) is 10.3 Å². The molecule has 0 aliphatic heterocycles. The molecular formula is C15H19N3OS. The molecule has 1 N–H and O–H groups in total. The molecule has 0 aliphatic carbocycles. The van der Waals surface area contributed by atoms with Gasteiger partial charge in [0.15, 0.2) is 0 Å². The monoisotopic (exact) mass is 289 g/mol. The number of thiophene rings is 1. The first-order valence-corrected chi connectivity index (χ1v) is 7.41. The van der Waals surface area contributed by atoms with Crippen LogP contribution in [0.15, 0.2) is 30.5 Å². The summed E-state index contributed by atoms with van der Waals surface area (Å²) in [5.74, 6) is 0.858. The molecule has 0 aromatic carbocycles. The van der Waals surface area contributed by atoms with Crippen LogP contribution in [-0.4, -0.2) is 25.0 Å². The van der Waals surface area contributed by atoms with Crippen LogP contribution >= 0.6 is 11.3 Å². The maximum Gasteiger partial charge on any atom is 0.261 e. The molecule has 0 radical (unpaired) electrons. The lowest BCUT2D eigenvalue weighted by molar-refractivity contribution is 0.0955. The maximum atomic E-state index is 12.1. The summed E-state index contributed by atoms with van der Waals surface area (Å²) in [6, 6.07) is 7.76. The first-order chi connectivity index (χ1) is 9.61. The first-order valence-electron chi connectivity index (χ1n) is 6.60. The Balaban J connectivity index is 2.03. The van der Waals surface area contributed by atoms with Crippen LogP contribution in [0.3, 0.4) is 0 Å². The second-order valence-corrected chi connectivity index (χ2v) is 5.85. The van der Waals surface area contributed by atoms with Gasteiger partial charge in [-0.2, -0.15) is 0 Å². The number of carbonyl (C=O) groups is 1. The van der Waals surface area contributed by atoms with Crippen molar-refractivity contribution >= 4 is 23.1 Å². The lowest BCUT2D eigenvalue weighted by Gasteiger charge is -2.15. The molecule has 0 saturated carbocycles. The average Bonchev–Trinajstić information content (AvgIpc) is 2.94. The normalized spacial score (nSPS) is 10.3. The predicted octanol–water partition coefficient (Wildman–Crippen LogP) is 2.70. The van der Waals surface area contributed by atoms with Crippen molar-refractivity contribution < 1.29 is 4.79 Å². The number of aromatic nitrogens is 1. The van der Waals surface area contributed by atoms with Crippen molar-refractivity contribution in [2.75, 3.05) is 19.0 Å². The van der Waals surface area contributed by atoms with Crippen LogP contribution in [0.1, 0.15) is 27.0 Å². The number of amides is 1. The number of hydrogen-bond donors (Lipinski definition) is 1. The van der Waals surface area contributed by atoms with E-state index in [9.17, 15) is 4.79 Å². The molecule has 0 saturated heterocycles. The third-order valence-electron chi connectivity index (χ3n) is 2.96. The predicted molar refractivity (Wildman–Crippen MR) is 83.4 cm³/mol. The molecule has 1 amide bonds. The Morgan fingerprint density at radius 1 is 1.35 bits per heavy atom. The fourth-order valence-electron chi connectivity index (χ4n) is 1.92. The molecule has 5 heteroatoms. The number of nitrogens with one attached hydrogen (secondary N) is 1. The Morgan fingerprint density at radius 3 is 2.80 bits per heavy atom. The van der Waals surface area contributed by atoms with Gasteiger partial charge in [0.05, 0.1) is 4.88 Å². The number of pyridine rings is 1. The number of rotatable bonds is 5. The van der Waals surface area contributed by atoms with E-state index in [0.717, 1.165) is 22.7 Å². The summed E-state index contributed by atoms with van der Waals surface area (Å²) in [5.41, 5.74) is 1.01. The van der Waals surface area contributed by atoms with Gasteiger partial charge in [0, 0.05) is 37.3 Å². The highest BCUT2D eigenvalue weighted by atomic mass is 32.1. The summed E-state index contributed by atoms with van der Waals surface area (Å²) in [4.78, 5) is 20.4. The summed E-state index contributed by atoms with van der Waals surface area (Å²) in [6.07, 6.45) is 2.72. The Hall–Kier alpha value is -1.88. The van der Waals surface area contributed by atoms with E-state index in [1.54, 1.807) is 17.5 Å². The Kier molecular flexibility index (Phi) is 4.74. The standard InChI is InChI=1S/C15H19N3OS/c1-4-12-7-8-13(20-12)15(19)17-10-11-6-5-9-16-14(11)18(2)3/h5-9H,4,10H2,1-3H3,(H,17,19). The largest absolute Gasteiger partial charge is 0.362 e. The van der Waals surface area contributed by atoms with Crippen LogP contribution in [0, 0.1) is 0 Å². The number of nitrogens with zero attached hydrogens (tertiary/aromatic N) is 2. The van der Waals surface area contributed by atoms with Gasteiger partial charge in [-0.25, -0.2) is 4.98 Å². The maximum absolute atomic E-state index is 12.1. The highest BCUT2D eigenvalue weighted by molar-refractivity contribution is 7.14. The zero-order chi connectivity index (χ0) is 14.5. The SMILES string of the molecule is CCc1ccc(C(=O)NCc2cccnc2N(C)C)s1. The van der Waals surface area contributed by atoms with Crippen molar-refractivity contribution in [2.45, 2.75) is 19.9 Å². The summed E-state index contributed by atoms with van der Waals surface area (Å²) in [7, 11) is 3.89. The molecule has 2 aromatic rings. The Morgan fingerprint density at radius 2 is 2.15 bits per heavy atom. The van der Waals surface area contributed by atoms with Crippen molar-refractivity contribution in [2.24, 2.45) is 0 Å². The zero-order valence-corrected chi connectivity index (χ0v) is 12.8. The van der Waals surface area contributed by atoms with Gasteiger partial charge in [-0.3, -0.25) is 4.79 Å². The minimum Gasteiger partial charge on any atom is -0.362 e. The molecule has 20 heavy (non-hydrogen) atoms. The van der Waals surface area contributed by atoms with Gasteiger partial charge in [0.2, 0.25) is 0 Å². The molecule has 0 spiro atoms. The minimum atomic E-state index is -0.0248. The summed E-state index contributed by atoms with van der Waals surface area (Å²) in [6.45, 7) is 2.58. The molecule has 0 aliphatic rings. The van der Waals surface area contributed by atoms with Crippen molar-refractivity contribution in [1.29, 1.82) is 0 Å². The van der Waals surface area contributed by atoms with Gasteiger partial charge >= 0.3 is 0 Å². The van der Waals surface area contributed by atoms with Gasteiger partial charge in [-0.1, -0.05) is 13.0 Å². The zero-order valence-electron chi connectivity index (χ0n) is 12.0. The number of hydrogen-bond acceptors (Lipinski definition) is 4. The molecular weight excluding hydrogens is 270 g/mol. The number of anilines is 1. The fraction of sp³-hybridized carbons (Fsp3) is 0.333. The van der Waals surface area contributed by atoms with E-state index in [1.807, 2.05) is 43.3 Å². The molecule has 2 heterocycles. The van der Waals surface area contributed by atoms with Crippen LogP contribution in [0.4, 0.5) is 5.82 Å². The second kappa shape index (κ2) is 6.52. The van der Waals surface area contributed by atoms with E-state index in [2.05, 4.69) is 17.2 Å². The smallest absolute Gasteiger partial charge is 0.261 e. The van der Waals surface area contributed by atoms with Crippen LogP contribution in [0.25, 0.3) is 0 Å². The molecule has 2 rings (SSSR count). The second-order valence-electron chi connectivity index (χ2n) is 4.68. The topological polar surface area (TPSA) is 45.2 Å². The van der Waals surface area contributed by atoms with Crippen LogP contribution in [-0.2, 0) is 13.0 Å². The van der Waals surface area contributed by atoms with E-state index in [-0.39, 0.29) is 5.91 Å². The van der Waals surface area contributed by atoms with Crippen LogP contribution in [0.5, 0.6) is 0 Å². The quantitative estimate of drug-likeness (QED) is 0.920. The summed E-state index contributed by atoms with van der Waals surface area (Å²) in [5, 5.41) is 2.95. The molecule has 4 nitrogen and oxygen atoms in total. The number of carbonyl (C=O) groups excluding carboxylic acids is 1. The summed E-state index contributed by atoms with van der Waals surface area (Å²) >= 11 is 1.55. The van der Waals surface area contributed by atoms with E-state index >= 15 is 0 Å². The van der Waals surface area contributed by atoms with Crippen LogP contribution in [0.2, 0.25) is 0 Å². The van der Waals surface area contributed by atoms with Gasteiger partial charge < -0.3 is 10.2 Å². The first kappa shape index (κ1) is 14.5. The van der Waals surface area contributed by atoms with E-state index in [4.69, 9.17) is 0 Å². The van der Waals surface area contributed by atoms with Gasteiger partial charge in [-0.05, 0) is 24.6 Å². The Labute approximate surface area is 123 Å². The van der Waals surface area contributed by atoms with Crippen molar-refractivity contribution in [3.8, 4) is 0 Å². The molecule has 0 unspecified atom stereocenters. The third-order valence-corrected chi connectivity index (χ3v) is 4.19. The van der Waals surface area contributed by atoms with Crippen molar-refractivity contribution in [3.05, 3.63) is 45.8 Å². The molecule has 2 aromatic heterocycles. The van der Waals surface area contributed by atoms with Crippen LogP contribution < -0.4 is 10.2 Å². The lowest BCUT2D eigenvalue weighted by atomic mass is 10.2. The molecule has 0 bridgehead atoms. The molecule has 0 fully saturated rings. The average molecular weight is 289 g/mol. The third kappa shape index (κ3) is 3.36. The lowest BCUT2D eigenvalue weighted by Crippen LogP contribution is -2.23. The van der Waals surface area contributed by atoms with Gasteiger partial charge in [-0.15, -0.1) is 11.3 Å². The fourth-order valence-corrected chi connectivity index (χ4v) is 2.79. The van der Waals surface area contributed by atoms with E-state index < -0.39 is 0 Å². The van der Waals surface area contributed by atoms with E-state index in [1.165, 1.54) is 4.88 Å².